The number of fused-ring (bicyclic) bond motifs is 1. The Labute approximate surface area is 134 Å². The lowest BCUT2D eigenvalue weighted by Crippen LogP contribution is -2.18. The highest BCUT2D eigenvalue weighted by molar-refractivity contribution is 9.10. The Morgan fingerprint density at radius 2 is 2.00 bits per heavy atom. The summed E-state index contributed by atoms with van der Waals surface area (Å²) >= 11 is 3.60. The third kappa shape index (κ3) is 3.14. The van der Waals surface area contributed by atoms with Crippen LogP contribution in [0.15, 0.2) is 40.9 Å². The molecule has 0 saturated carbocycles. The molecular formula is C18H20BrNO. The molecule has 1 atom stereocenters. The highest BCUT2D eigenvalue weighted by Crippen LogP contribution is 2.31. The van der Waals surface area contributed by atoms with E-state index in [9.17, 15) is 0 Å². The van der Waals surface area contributed by atoms with Crippen molar-refractivity contribution >= 4 is 15.9 Å². The predicted molar refractivity (Wildman–Crippen MR) is 90.0 cm³/mol. The molecule has 110 valence electrons. The van der Waals surface area contributed by atoms with E-state index in [0.29, 0.717) is 0 Å². The second-order valence-corrected chi connectivity index (χ2v) is 6.52. The Morgan fingerprint density at radius 3 is 2.76 bits per heavy atom. The van der Waals surface area contributed by atoms with Gasteiger partial charge in [-0.15, -0.1) is 0 Å². The minimum absolute atomic E-state index is 0.202. The van der Waals surface area contributed by atoms with Crippen molar-refractivity contribution < 1.29 is 4.74 Å². The minimum atomic E-state index is 0.202. The van der Waals surface area contributed by atoms with Gasteiger partial charge in [0.05, 0.1) is 12.6 Å². The smallest absolute Gasteiger partial charge is 0.122 e. The molecule has 0 amide bonds. The molecule has 1 heterocycles. The van der Waals surface area contributed by atoms with Gasteiger partial charge in [0.2, 0.25) is 0 Å². The number of halogens is 1. The number of hydrogen-bond acceptors (Lipinski definition) is 2. The van der Waals surface area contributed by atoms with Gasteiger partial charge < -0.3 is 10.1 Å². The molecule has 0 aliphatic carbocycles. The number of rotatable bonds is 3. The van der Waals surface area contributed by atoms with Crippen LogP contribution in [0.1, 0.15) is 34.7 Å². The highest BCUT2D eigenvalue weighted by atomic mass is 79.9. The molecule has 0 bridgehead atoms. The molecule has 1 aliphatic heterocycles. The first-order valence-corrected chi connectivity index (χ1v) is 8.16. The predicted octanol–water partition coefficient (Wildman–Crippen LogP) is 4.39. The zero-order chi connectivity index (χ0) is 14.8. The summed E-state index contributed by atoms with van der Waals surface area (Å²) in [4.78, 5) is 0. The first-order valence-electron chi connectivity index (χ1n) is 7.37. The first kappa shape index (κ1) is 14.6. The normalized spacial score (nSPS) is 15.2. The lowest BCUT2D eigenvalue weighted by Gasteiger charge is -2.22. The van der Waals surface area contributed by atoms with Crippen molar-refractivity contribution in [1.82, 2.24) is 5.32 Å². The van der Waals surface area contributed by atoms with Gasteiger partial charge in [0, 0.05) is 4.47 Å². The van der Waals surface area contributed by atoms with Gasteiger partial charge in [-0.1, -0.05) is 34.1 Å². The van der Waals surface area contributed by atoms with E-state index in [2.05, 4.69) is 64.6 Å². The molecule has 2 aromatic carbocycles. The summed E-state index contributed by atoms with van der Waals surface area (Å²) in [6, 6.07) is 13.3. The van der Waals surface area contributed by atoms with E-state index >= 15 is 0 Å². The van der Waals surface area contributed by atoms with E-state index in [0.717, 1.165) is 29.7 Å². The van der Waals surface area contributed by atoms with Crippen LogP contribution in [0.5, 0.6) is 5.75 Å². The number of nitrogens with one attached hydrogen (secondary N) is 1. The standard InChI is InChI=1S/C18H20BrNO/c1-12-8-15(11-16(19)9-12)18(20-2)14-5-6-17-13(10-14)4-3-7-21-17/h5-6,8-11,18,20H,3-4,7H2,1-2H3. The Balaban J connectivity index is 1.99. The molecular weight excluding hydrogens is 326 g/mol. The number of hydrogen-bond donors (Lipinski definition) is 1. The topological polar surface area (TPSA) is 21.3 Å². The van der Waals surface area contributed by atoms with Gasteiger partial charge in [-0.25, -0.2) is 0 Å². The van der Waals surface area contributed by atoms with Crippen molar-refractivity contribution in [2.45, 2.75) is 25.8 Å². The fourth-order valence-corrected chi connectivity index (χ4v) is 3.64. The quantitative estimate of drug-likeness (QED) is 0.890. The maximum Gasteiger partial charge on any atom is 0.122 e. The molecule has 1 aliphatic rings. The van der Waals surface area contributed by atoms with Crippen LogP contribution >= 0.6 is 15.9 Å². The molecule has 1 unspecified atom stereocenters. The lowest BCUT2D eigenvalue weighted by atomic mass is 9.94. The highest BCUT2D eigenvalue weighted by Gasteiger charge is 2.17. The molecule has 0 fully saturated rings. The van der Waals surface area contributed by atoms with Gasteiger partial charge in [0.1, 0.15) is 5.75 Å². The largest absolute Gasteiger partial charge is 0.493 e. The van der Waals surface area contributed by atoms with E-state index in [4.69, 9.17) is 4.74 Å². The fourth-order valence-electron chi connectivity index (χ4n) is 3.02. The fraction of sp³-hybridized carbons (Fsp3) is 0.333. The third-order valence-electron chi connectivity index (χ3n) is 3.95. The van der Waals surface area contributed by atoms with Crippen molar-refractivity contribution in [1.29, 1.82) is 0 Å². The van der Waals surface area contributed by atoms with Crippen LogP contribution in [0.4, 0.5) is 0 Å². The van der Waals surface area contributed by atoms with Gasteiger partial charge in [-0.2, -0.15) is 0 Å². The molecule has 0 aromatic heterocycles. The first-order chi connectivity index (χ1) is 10.2. The molecule has 2 aromatic rings. The summed E-state index contributed by atoms with van der Waals surface area (Å²) in [5, 5.41) is 3.43. The van der Waals surface area contributed by atoms with Crippen molar-refractivity contribution in [2.75, 3.05) is 13.7 Å². The van der Waals surface area contributed by atoms with Gasteiger partial charge in [0.15, 0.2) is 0 Å². The van der Waals surface area contributed by atoms with Gasteiger partial charge in [0.25, 0.3) is 0 Å². The average Bonchev–Trinajstić information content (AvgIpc) is 2.47. The molecule has 0 saturated heterocycles. The second-order valence-electron chi connectivity index (χ2n) is 5.60. The van der Waals surface area contributed by atoms with Crippen molar-refractivity contribution in [3.8, 4) is 5.75 Å². The van der Waals surface area contributed by atoms with E-state index in [1.54, 1.807) is 0 Å². The Morgan fingerprint density at radius 1 is 1.14 bits per heavy atom. The minimum Gasteiger partial charge on any atom is -0.493 e. The number of aryl methyl sites for hydroxylation is 2. The molecule has 0 spiro atoms. The van der Waals surface area contributed by atoms with E-state index in [-0.39, 0.29) is 6.04 Å². The maximum absolute atomic E-state index is 5.71. The van der Waals surface area contributed by atoms with Crippen molar-refractivity contribution in [3.05, 3.63) is 63.1 Å². The van der Waals surface area contributed by atoms with Crippen LogP contribution in [-0.2, 0) is 6.42 Å². The van der Waals surface area contributed by atoms with Crippen LogP contribution in [0.25, 0.3) is 0 Å². The molecule has 3 rings (SSSR count). The van der Waals surface area contributed by atoms with Crippen molar-refractivity contribution in [3.63, 3.8) is 0 Å². The van der Waals surface area contributed by atoms with Crippen LogP contribution in [-0.4, -0.2) is 13.7 Å². The molecule has 0 radical (unpaired) electrons. The number of benzene rings is 2. The molecule has 3 heteroatoms. The lowest BCUT2D eigenvalue weighted by molar-refractivity contribution is 0.288. The summed E-state index contributed by atoms with van der Waals surface area (Å²) in [6.45, 7) is 2.97. The summed E-state index contributed by atoms with van der Waals surface area (Å²) < 4.78 is 6.83. The van der Waals surface area contributed by atoms with Crippen LogP contribution in [0.2, 0.25) is 0 Å². The summed E-state index contributed by atoms with van der Waals surface area (Å²) in [6.07, 6.45) is 2.22. The summed E-state index contributed by atoms with van der Waals surface area (Å²) in [5.41, 5.74) is 5.16. The van der Waals surface area contributed by atoms with Crippen LogP contribution in [0.3, 0.4) is 0 Å². The third-order valence-corrected chi connectivity index (χ3v) is 4.41. The zero-order valence-electron chi connectivity index (χ0n) is 12.4. The second kappa shape index (κ2) is 6.20. The summed E-state index contributed by atoms with van der Waals surface area (Å²) in [7, 11) is 2.01. The van der Waals surface area contributed by atoms with E-state index < -0.39 is 0 Å². The van der Waals surface area contributed by atoms with Crippen LogP contribution < -0.4 is 10.1 Å². The van der Waals surface area contributed by atoms with Crippen molar-refractivity contribution in [2.24, 2.45) is 0 Å². The van der Waals surface area contributed by atoms with Gasteiger partial charge in [-0.3, -0.25) is 0 Å². The average molecular weight is 346 g/mol. The molecule has 21 heavy (non-hydrogen) atoms. The monoisotopic (exact) mass is 345 g/mol. The maximum atomic E-state index is 5.71. The zero-order valence-corrected chi connectivity index (χ0v) is 14.0. The Kier molecular flexibility index (Phi) is 4.32. The summed E-state index contributed by atoms with van der Waals surface area (Å²) in [5.74, 6) is 1.05. The van der Waals surface area contributed by atoms with Crippen LogP contribution in [0, 0.1) is 6.92 Å². The van der Waals surface area contributed by atoms with Gasteiger partial charge in [-0.05, 0) is 67.3 Å². The Hall–Kier alpha value is -1.32. The van der Waals surface area contributed by atoms with E-state index in [1.807, 2.05) is 7.05 Å². The van der Waals surface area contributed by atoms with Gasteiger partial charge >= 0.3 is 0 Å². The number of ether oxygens (including phenoxy) is 1. The van der Waals surface area contributed by atoms with E-state index in [1.165, 1.54) is 22.3 Å². The SMILES string of the molecule is CNC(c1cc(C)cc(Br)c1)c1ccc2c(c1)CCCO2. The molecule has 1 N–H and O–H groups in total. The molecule has 2 nitrogen and oxygen atoms in total. The Bertz CT molecular complexity index is 633.